The van der Waals surface area contributed by atoms with E-state index in [-0.39, 0.29) is 0 Å². The van der Waals surface area contributed by atoms with Gasteiger partial charge in [0.25, 0.3) is 0 Å². The Hall–Kier alpha value is -1.11. The van der Waals surface area contributed by atoms with Gasteiger partial charge in [0.1, 0.15) is 0 Å². The number of hydrogen-bond donors (Lipinski definition) is 1. The molecule has 6 heteroatoms. The minimum Gasteiger partial charge on any atom is -0.330 e. The molecular weight excluding hydrogens is 286 g/mol. The molecule has 1 aliphatic rings. The van der Waals surface area contributed by atoms with E-state index >= 15 is 0 Å². The fraction of sp³-hybridized carbons (Fsp3) is 0.600. The maximum Gasteiger partial charge on any atom is 0.303 e. The molecule has 1 aromatic carbocycles. The van der Waals surface area contributed by atoms with Gasteiger partial charge in [0, 0.05) is 20.1 Å². The summed E-state index contributed by atoms with van der Waals surface area (Å²) in [7, 11) is -1.82. The lowest BCUT2D eigenvalue weighted by molar-refractivity contribution is 0.278. The van der Waals surface area contributed by atoms with Crippen molar-refractivity contribution in [3.63, 3.8) is 0 Å². The number of nitrogens with two attached hydrogens (primary N) is 1. The third-order valence-electron chi connectivity index (χ3n) is 4.29. The van der Waals surface area contributed by atoms with Gasteiger partial charge >= 0.3 is 10.2 Å². The SMILES string of the molecule is CCc1ccc(N(C)S(=O)(=O)N2CCC(CN)CC2)cc1. The quantitative estimate of drug-likeness (QED) is 0.898. The molecule has 0 aliphatic carbocycles. The van der Waals surface area contributed by atoms with Crippen LogP contribution in [-0.4, -0.2) is 39.4 Å². The van der Waals surface area contributed by atoms with Crippen LogP contribution < -0.4 is 10.0 Å². The number of hydrogen-bond acceptors (Lipinski definition) is 3. The Kier molecular flexibility index (Phi) is 5.24. The summed E-state index contributed by atoms with van der Waals surface area (Å²) in [5.41, 5.74) is 7.56. The highest BCUT2D eigenvalue weighted by atomic mass is 32.2. The summed E-state index contributed by atoms with van der Waals surface area (Å²) in [6.07, 6.45) is 2.64. The Morgan fingerprint density at radius 2 is 1.81 bits per heavy atom. The Morgan fingerprint density at radius 1 is 1.24 bits per heavy atom. The van der Waals surface area contributed by atoms with Crippen LogP contribution in [0.25, 0.3) is 0 Å². The summed E-state index contributed by atoms with van der Waals surface area (Å²) in [5.74, 6) is 0.450. The summed E-state index contributed by atoms with van der Waals surface area (Å²) in [4.78, 5) is 0. The monoisotopic (exact) mass is 311 g/mol. The molecule has 0 unspecified atom stereocenters. The van der Waals surface area contributed by atoms with Crippen molar-refractivity contribution in [2.24, 2.45) is 11.7 Å². The van der Waals surface area contributed by atoms with Gasteiger partial charge in [0.2, 0.25) is 0 Å². The van der Waals surface area contributed by atoms with E-state index in [9.17, 15) is 8.42 Å². The van der Waals surface area contributed by atoms with Crippen molar-refractivity contribution in [2.75, 3.05) is 31.0 Å². The third kappa shape index (κ3) is 3.56. The first-order chi connectivity index (χ1) is 9.98. The van der Waals surface area contributed by atoms with Crippen molar-refractivity contribution in [1.82, 2.24) is 4.31 Å². The summed E-state index contributed by atoms with van der Waals surface area (Å²) in [5, 5.41) is 0. The second-order valence-corrected chi connectivity index (χ2v) is 7.53. The van der Waals surface area contributed by atoms with Crippen LogP contribution in [0, 0.1) is 5.92 Å². The van der Waals surface area contributed by atoms with Gasteiger partial charge in [-0.3, -0.25) is 4.31 Å². The van der Waals surface area contributed by atoms with Gasteiger partial charge in [-0.1, -0.05) is 19.1 Å². The van der Waals surface area contributed by atoms with Gasteiger partial charge < -0.3 is 5.73 Å². The van der Waals surface area contributed by atoms with E-state index in [0.717, 1.165) is 19.3 Å². The highest BCUT2D eigenvalue weighted by Crippen LogP contribution is 2.24. The Labute approximate surface area is 127 Å². The Morgan fingerprint density at radius 3 is 2.29 bits per heavy atom. The minimum atomic E-state index is -3.44. The zero-order valence-corrected chi connectivity index (χ0v) is 13.6. The molecule has 2 N–H and O–H groups in total. The van der Waals surface area contributed by atoms with E-state index in [2.05, 4.69) is 6.92 Å². The Balaban J connectivity index is 2.11. The van der Waals surface area contributed by atoms with Crippen LogP contribution in [0.1, 0.15) is 25.3 Å². The zero-order chi connectivity index (χ0) is 15.5. The molecule has 118 valence electrons. The molecule has 0 bridgehead atoms. The first kappa shape index (κ1) is 16.3. The van der Waals surface area contributed by atoms with E-state index in [4.69, 9.17) is 5.73 Å². The van der Waals surface area contributed by atoms with E-state index < -0.39 is 10.2 Å². The molecule has 5 nitrogen and oxygen atoms in total. The van der Waals surface area contributed by atoms with Crippen molar-refractivity contribution in [2.45, 2.75) is 26.2 Å². The maximum atomic E-state index is 12.7. The predicted molar refractivity (Wildman–Crippen MR) is 86.5 cm³/mol. The second kappa shape index (κ2) is 6.77. The van der Waals surface area contributed by atoms with Crippen molar-refractivity contribution in [1.29, 1.82) is 0 Å². The molecule has 0 saturated carbocycles. The molecule has 0 atom stereocenters. The summed E-state index contributed by atoms with van der Waals surface area (Å²) in [6, 6.07) is 7.68. The van der Waals surface area contributed by atoms with Crippen LogP contribution in [0.4, 0.5) is 5.69 Å². The highest BCUT2D eigenvalue weighted by molar-refractivity contribution is 7.90. The topological polar surface area (TPSA) is 66.6 Å². The largest absolute Gasteiger partial charge is 0.330 e. The number of anilines is 1. The smallest absolute Gasteiger partial charge is 0.303 e. The van der Waals surface area contributed by atoms with Gasteiger partial charge in [-0.15, -0.1) is 0 Å². The van der Waals surface area contributed by atoms with Crippen molar-refractivity contribution < 1.29 is 8.42 Å². The van der Waals surface area contributed by atoms with Gasteiger partial charge in [0.15, 0.2) is 0 Å². The first-order valence-electron chi connectivity index (χ1n) is 7.52. The summed E-state index contributed by atoms with van der Waals surface area (Å²) in [6.45, 7) is 3.84. The van der Waals surface area contributed by atoms with Crippen LogP contribution in [0.5, 0.6) is 0 Å². The minimum absolute atomic E-state index is 0.450. The number of nitrogens with zero attached hydrogens (tertiary/aromatic N) is 2. The van der Waals surface area contributed by atoms with E-state index in [1.54, 1.807) is 11.4 Å². The van der Waals surface area contributed by atoms with Crippen molar-refractivity contribution >= 4 is 15.9 Å². The lowest BCUT2D eigenvalue weighted by atomic mass is 9.99. The average molecular weight is 311 g/mol. The molecule has 1 fully saturated rings. The molecule has 0 spiro atoms. The molecule has 1 heterocycles. The number of benzene rings is 1. The van der Waals surface area contributed by atoms with Crippen LogP contribution in [0.3, 0.4) is 0 Å². The number of piperidine rings is 1. The molecular formula is C15H25N3O2S. The fourth-order valence-electron chi connectivity index (χ4n) is 2.62. The van der Waals surface area contributed by atoms with E-state index in [1.165, 1.54) is 9.87 Å². The number of aryl methyl sites for hydroxylation is 1. The fourth-order valence-corrected chi connectivity index (χ4v) is 4.03. The van der Waals surface area contributed by atoms with Crippen molar-refractivity contribution in [3.8, 4) is 0 Å². The van der Waals surface area contributed by atoms with Crippen LogP contribution in [-0.2, 0) is 16.6 Å². The standard InChI is InChI=1S/C15H25N3O2S/c1-3-13-4-6-15(7-5-13)17(2)21(19,20)18-10-8-14(12-16)9-11-18/h4-7,14H,3,8-12,16H2,1-2H3. The van der Waals surface area contributed by atoms with Gasteiger partial charge in [-0.2, -0.15) is 12.7 Å². The lowest BCUT2D eigenvalue weighted by Gasteiger charge is -2.34. The van der Waals surface area contributed by atoms with Gasteiger partial charge in [-0.05, 0) is 49.4 Å². The molecule has 0 amide bonds. The third-order valence-corrected chi connectivity index (χ3v) is 6.21. The summed E-state index contributed by atoms with van der Waals surface area (Å²) >= 11 is 0. The van der Waals surface area contributed by atoms with E-state index in [0.29, 0.717) is 31.2 Å². The van der Waals surface area contributed by atoms with Crippen molar-refractivity contribution in [3.05, 3.63) is 29.8 Å². The molecule has 1 saturated heterocycles. The molecule has 0 radical (unpaired) electrons. The molecule has 1 aromatic rings. The molecule has 2 rings (SSSR count). The highest BCUT2D eigenvalue weighted by Gasteiger charge is 2.30. The second-order valence-electron chi connectivity index (χ2n) is 5.57. The lowest BCUT2D eigenvalue weighted by Crippen LogP contribution is -2.46. The van der Waals surface area contributed by atoms with Crippen LogP contribution in [0.2, 0.25) is 0 Å². The molecule has 21 heavy (non-hydrogen) atoms. The van der Waals surface area contributed by atoms with Gasteiger partial charge in [-0.25, -0.2) is 0 Å². The Bertz CT molecular complexity index is 549. The van der Waals surface area contributed by atoms with Crippen LogP contribution >= 0.6 is 0 Å². The van der Waals surface area contributed by atoms with Gasteiger partial charge in [0.05, 0.1) is 5.69 Å². The number of rotatable bonds is 5. The van der Waals surface area contributed by atoms with Crippen LogP contribution in [0.15, 0.2) is 24.3 Å². The maximum absolute atomic E-state index is 12.7. The molecule has 1 aliphatic heterocycles. The average Bonchev–Trinajstić information content (AvgIpc) is 2.54. The molecule has 0 aromatic heterocycles. The summed E-state index contributed by atoms with van der Waals surface area (Å²) < 4.78 is 28.2. The predicted octanol–water partition coefficient (Wildman–Crippen LogP) is 1.60. The van der Waals surface area contributed by atoms with E-state index in [1.807, 2.05) is 24.3 Å². The first-order valence-corrected chi connectivity index (χ1v) is 8.91. The normalized spacial score (nSPS) is 17.9. The zero-order valence-electron chi connectivity index (χ0n) is 12.8.